The second-order valence-corrected chi connectivity index (χ2v) is 4.80. The Bertz CT molecular complexity index is 334. The summed E-state index contributed by atoms with van der Waals surface area (Å²) >= 11 is 3.43. The summed E-state index contributed by atoms with van der Waals surface area (Å²) in [5.41, 5.74) is 6.88. The maximum Gasteiger partial charge on any atom is 0.123 e. The summed E-state index contributed by atoms with van der Waals surface area (Å²) in [5.74, 6) is 0.969. The standard InChI is InChI=1S/C11H14BrNO/c1-7-2-3-8(12)4-11(7)14-10-5-9(13)6-10/h2-4,9-10H,5-6,13H2,1H3. The molecule has 76 valence electrons. The molecule has 0 atom stereocenters. The molecule has 3 heteroatoms. The van der Waals surface area contributed by atoms with Gasteiger partial charge in [-0.3, -0.25) is 0 Å². The van der Waals surface area contributed by atoms with Crippen LogP contribution in [0.1, 0.15) is 18.4 Å². The van der Waals surface area contributed by atoms with E-state index in [1.54, 1.807) is 0 Å². The van der Waals surface area contributed by atoms with Crippen molar-refractivity contribution in [1.82, 2.24) is 0 Å². The van der Waals surface area contributed by atoms with Crippen molar-refractivity contribution >= 4 is 15.9 Å². The van der Waals surface area contributed by atoms with Crippen LogP contribution in [-0.2, 0) is 0 Å². The highest BCUT2D eigenvalue weighted by atomic mass is 79.9. The van der Waals surface area contributed by atoms with E-state index in [1.807, 2.05) is 12.1 Å². The number of benzene rings is 1. The molecular weight excluding hydrogens is 242 g/mol. The molecule has 0 heterocycles. The third kappa shape index (κ3) is 2.10. The van der Waals surface area contributed by atoms with Gasteiger partial charge in [0.15, 0.2) is 0 Å². The molecule has 0 amide bonds. The Labute approximate surface area is 92.6 Å². The van der Waals surface area contributed by atoms with E-state index in [1.165, 1.54) is 5.56 Å². The van der Waals surface area contributed by atoms with Crippen LogP contribution in [0.3, 0.4) is 0 Å². The van der Waals surface area contributed by atoms with E-state index in [9.17, 15) is 0 Å². The highest BCUT2D eigenvalue weighted by molar-refractivity contribution is 9.10. The molecule has 1 aromatic rings. The minimum absolute atomic E-state index is 0.318. The zero-order valence-corrected chi connectivity index (χ0v) is 9.75. The van der Waals surface area contributed by atoms with Gasteiger partial charge in [0.1, 0.15) is 11.9 Å². The summed E-state index contributed by atoms with van der Waals surface area (Å²) in [7, 11) is 0. The maximum atomic E-state index is 5.82. The average molecular weight is 256 g/mol. The van der Waals surface area contributed by atoms with Crippen molar-refractivity contribution in [3.05, 3.63) is 28.2 Å². The molecule has 0 spiro atoms. The number of aryl methyl sites for hydroxylation is 1. The van der Waals surface area contributed by atoms with Gasteiger partial charge in [0.25, 0.3) is 0 Å². The van der Waals surface area contributed by atoms with Gasteiger partial charge in [0.2, 0.25) is 0 Å². The van der Waals surface area contributed by atoms with Gasteiger partial charge < -0.3 is 10.5 Å². The zero-order valence-electron chi connectivity index (χ0n) is 8.16. The highest BCUT2D eigenvalue weighted by Gasteiger charge is 2.27. The van der Waals surface area contributed by atoms with Crippen molar-refractivity contribution in [1.29, 1.82) is 0 Å². The normalized spacial score (nSPS) is 25.6. The summed E-state index contributed by atoms with van der Waals surface area (Å²) in [6.07, 6.45) is 2.27. The summed E-state index contributed by atoms with van der Waals surface area (Å²) in [4.78, 5) is 0. The first kappa shape index (κ1) is 9.99. The number of nitrogens with two attached hydrogens (primary N) is 1. The van der Waals surface area contributed by atoms with Crippen LogP contribution >= 0.6 is 15.9 Å². The lowest BCUT2D eigenvalue weighted by atomic mass is 9.90. The van der Waals surface area contributed by atoms with Gasteiger partial charge in [-0.25, -0.2) is 0 Å². The van der Waals surface area contributed by atoms with Crippen LogP contribution in [0.4, 0.5) is 0 Å². The molecule has 0 saturated heterocycles. The molecule has 1 aliphatic carbocycles. The summed E-state index contributed by atoms with van der Waals surface area (Å²) in [6, 6.07) is 6.43. The van der Waals surface area contributed by atoms with Gasteiger partial charge >= 0.3 is 0 Å². The number of rotatable bonds is 2. The molecule has 1 saturated carbocycles. The Hall–Kier alpha value is -0.540. The minimum Gasteiger partial charge on any atom is -0.490 e. The monoisotopic (exact) mass is 255 g/mol. The molecule has 2 nitrogen and oxygen atoms in total. The third-order valence-electron chi connectivity index (χ3n) is 2.58. The second-order valence-electron chi connectivity index (χ2n) is 3.88. The third-order valence-corrected chi connectivity index (χ3v) is 3.07. The smallest absolute Gasteiger partial charge is 0.123 e. The number of hydrogen-bond donors (Lipinski definition) is 1. The minimum atomic E-state index is 0.318. The molecule has 2 N–H and O–H groups in total. The van der Waals surface area contributed by atoms with Gasteiger partial charge in [0, 0.05) is 10.5 Å². The summed E-state index contributed by atoms with van der Waals surface area (Å²) in [6.45, 7) is 2.06. The fraction of sp³-hybridized carbons (Fsp3) is 0.455. The van der Waals surface area contributed by atoms with Crippen molar-refractivity contribution in [2.75, 3.05) is 0 Å². The molecule has 1 fully saturated rings. The first-order chi connectivity index (χ1) is 6.65. The van der Waals surface area contributed by atoms with Crippen LogP contribution < -0.4 is 10.5 Å². The van der Waals surface area contributed by atoms with Crippen LogP contribution in [-0.4, -0.2) is 12.1 Å². The van der Waals surface area contributed by atoms with E-state index < -0.39 is 0 Å². The number of ether oxygens (including phenoxy) is 1. The highest BCUT2D eigenvalue weighted by Crippen LogP contribution is 2.28. The van der Waals surface area contributed by atoms with Crippen LogP contribution in [0, 0.1) is 6.92 Å². The largest absolute Gasteiger partial charge is 0.490 e. The van der Waals surface area contributed by atoms with Crippen molar-refractivity contribution in [2.24, 2.45) is 5.73 Å². The van der Waals surface area contributed by atoms with Crippen LogP contribution in [0.5, 0.6) is 5.75 Å². The molecule has 0 aliphatic heterocycles. The number of halogens is 1. The fourth-order valence-electron chi connectivity index (χ4n) is 1.58. The molecule has 1 aliphatic rings. The van der Waals surface area contributed by atoms with E-state index in [0.717, 1.165) is 23.1 Å². The molecule has 2 rings (SSSR count). The second kappa shape index (κ2) is 3.91. The van der Waals surface area contributed by atoms with E-state index in [-0.39, 0.29) is 0 Å². The van der Waals surface area contributed by atoms with Gasteiger partial charge in [-0.15, -0.1) is 0 Å². The SMILES string of the molecule is Cc1ccc(Br)cc1OC1CC(N)C1. The van der Waals surface area contributed by atoms with Crippen molar-refractivity contribution < 1.29 is 4.74 Å². The molecule has 0 aromatic heterocycles. The lowest BCUT2D eigenvalue weighted by Gasteiger charge is -2.33. The first-order valence-electron chi connectivity index (χ1n) is 4.83. The van der Waals surface area contributed by atoms with Crippen LogP contribution in [0.2, 0.25) is 0 Å². The Morgan fingerprint density at radius 3 is 2.79 bits per heavy atom. The Kier molecular flexibility index (Phi) is 2.79. The van der Waals surface area contributed by atoms with Crippen molar-refractivity contribution in [2.45, 2.75) is 31.9 Å². The number of hydrogen-bond acceptors (Lipinski definition) is 2. The lowest BCUT2D eigenvalue weighted by Crippen LogP contribution is -2.43. The molecule has 14 heavy (non-hydrogen) atoms. The quantitative estimate of drug-likeness (QED) is 0.882. The Balaban J connectivity index is 2.05. The Morgan fingerprint density at radius 1 is 1.43 bits per heavy atom. The van der Waals surface area contributed by atoms with Crippen molar-refractivity contribution in [3.63, 3.8) is 0 Å². The van der Waals surface area contributed by atoms with Crippen LogP contribution in [0.25, 0.3) is 0 Å². The van der Waals surface area contributed by atoms with E-state index in [0.29, 0.717) is 12.1 Å². The van der Waals surface area contributed by atoms with Gasteiger partial charge in [0.05, 0.1) is 0 Å². The van der Waals surface area contributed by atoms with E-state index in [4.69, 9.17) is 10.5 Å². The topological polar surface area (TPSA) is 35.2 Å². The molecule has 0 radical (unpaired) electrons. The van der Waals surface area contributed by atoms with Gasteiger partial charge in [-0.05, 0) is 37.5 Å². The van der Waals surface area contributed by atoms with Gasteiger partial charge in [-0.1, -0.05) is 22.0 Å². The maximum absolute atomic E-state index is 5.82. The van der Waals surface area contributed by atoms with Crippen LogP contribution in [0.15, 0.2) is 22.7 Å². The molecule has 0 unspecified atom stereocenters. The first-order valence-corrected chi connectivity index (χ1v) is 5.63. The molecule has 1 aromatic carbocycles. The summed E-state index contributed by atoms with van der Waals surface area (Å²) < 4.78 is 6.88. The predicted octanol–water partition coefficient (Wildman–Crippen LogP) is 2.63. The Morgan fingerprint density at radius 2 is 2.14 bits per heavy atom. The van der Waals surface area contributed by atoms with Gasteiger partial charge in [-0.2, -0.15) is 0 Å². The van der Waals surface area contributed by atoms with E-state index in [2.05, 4.69) is 28.9 Å². The predicted molar refractivity (Wildman–Crippen MR) is 60.5 cm³/mol. The van der Waals surface area contributed by atoms with E-state index >= 15 is 0 Å². The average Bonchev–Trinajstić information content (AvgIpc) is 2.09. The fourth-order valence-corrected chi connectivity index (χ4v) is 1.92. The zero-order chi connectivity index (χ0) is 10.1. The molecule has 0 bridgehead atoms. The summed E-state index contributed by atoms with van der Waals surface area (Å²) in [5, 5.41) is 0. The molecular formula is C11H14BrNO. The lowest BCUT2D eigenvalue weighted by molar-refractivity contribution is 0.100. The van der Waals surface area contributed by atoms with Crippen molar-refractivity contribution in [3.8, 4) is 5.75 Å².